The third-order valence-electron chi connectivity index (χ3n) is 3.14. The molecule has 24 heavy (non-hydrogen) atoms. The van der Waals surface area contributed by atoms with E-state index in [1.54, 1.807) is 22.9 Å². The number of ether oxygens (including phenoxy) is 1. The Morgan fingerprint density at radius 2 is 2.04 bits per heavy atom. The van der Waals surface area contributed by atoms with E-state index in [0.717, 1.165) is 0 Å². The minimum absolute atomic E-state index is 0.00533. The van der Waals surface area contributed by atoms with Crippen molar-refractivity contribution >= 4 is 11.9 Å². The van der Waals surface area contributed by atoms with Gasteiger partial charge in [-0.25, -0.2) is 0 Å². The lowest BCUT2D eigenvalue weighted by Crippen LogP contribution is -2.20. The van der Waals surface area contributed by atoms with Crippen molar-refractivity contribution < 1.29 is 13.9 Å². The van der Waals surface area contributed by atoms with E-state index in [0.29, 0.717) is 11.4 Å². The molecule has 2 heterocycles. The van der Waals surface area contributed by atoms with Crippen LogP contribution >= 0.6 is 0 Å². The van der Waals surface area contributed by atoms with Crippen molar-refractivity contribution in [3.8, 4) is 17.3 Å². The zero-order valence-electron chi connectivity index (χ0n) is 13.3. The molecule has 2 aromatic heterocycles. The van der Waals surface area contributed by atoms with Crippen LogP contribution in [0.5, 0.6) is 5.75 Å². The normalized spacial score (nSPS) is 10.8. The summed E-state index contributed by atoms with van der Waals surface area (Å²) < 4.78 is 12.5. The van der Waals surface area contributed by atoms with Crippen LogP contribution in [0, 0.1) is 0 Å². The summed E-state index contributed by atoms with van der Waals surface area (Å²) in [5.74, 6) is 0.466. The van der Waals surface area contributed by atoms with Gasteiger partial charge in [0.15, 0.2) is 6.61 Å². The predicted molar refractivity (Wildman–Crippen MR) is 86.5 cm³/mol. The Morgan fingerprint density at radius 1 is 1.25 bits per heavy atom. The van der Waals surface area contributed by atoms with E-state index in [4.69, 9.17) is 9.15 Å². The maximum atomic E-state index is 11.8. The highest BCUT2D eigenvalue weighted by molar-refractivity contribution is 5.89. The fraction of sp³-hybridized carbons (Fsp3) is 0.250. The maximum Gasteiger partial charge on any atom is 0.322 e. The highest BCUT2D eigenvalue weighted by atomic mass is 16.5. The summed E-state index contributed by atoms with van der Waals surface area (Å²) in [5.41, 5.74) is 0.553. The predicted octanol–water partition coefficient (Wildman–Crippen LogP) is 2.53. The van der Waals surface area contributed by atoms with Crippen molar-refractivity contribution in [2.75, 3.05) is 11.9 Å². The lowest BCUT2D eigenvalue weighted by molar-refractivity contribution is -0.118. The van der Waals surface area contributed by atoms with Gasteiger partial charge in [-0.3, -0.25) is 14.8 Å². The van der Waals surface area contributed by atoms with Crippen molar-refractivity contribution in [2.24, 2.45) is 0 Å². The molecule has 1 aromatic carbocycles. The standard InChI is InChI=1S/C16H17N5O3/c1-11(2)21-9-8-13(20-21)15-18-19-16(24-15)17-14(22)10-23-12-6-4-3-5-7-12/h3-9,11H,10H2,1-2H3,(H,17,19,22). The lowest BCUT2D eigenvalue weighted by Gasteiger charge is -2.04. The molecule has 0 unspecified atom stereocenters. The fourth-order valence-electron chi connectivity index (χ4n) is 1.94. The molecule has 0 spiro atoms. The van der Waals surface area contributed by atoms with Gasteiger partial charge in [0.25, 0.3) is 11.8 Å². The number of hydrogen-bond donors (Lipinski definition) is 1. The van der Waals surface area contributed by atoms with Crippen LogP contribution in [0.15, 0.2) is 47.0 Å². The summed E-state index contributed by atoms with van der Waals surface area (Å²) >= 11 is 0. The molecule has 0 atom stereocenters. The molecule has 3 rings (SSSR count). The second-order valence-electron chi connectivity index (χ2n) is 5.34. The number of carbonyl (C=O) groups excluding carboxylic acids is 1. The molecule has 0 aliphatic carbocycles. The summed E-state index contributed by atoms with van der Waals surface area (Å²) in [7, 11) is 0. The van der Waals surface area contributed by atoms with Gasteiger partial charge in [0, 0.05) is 12.2 Å². The Labute approximate surface area is 138 Å². The number of anilines is 1. The average Bonchev–Trinajstić information content (AvgIpc) is 3.23. The Hall–Kier alpha value is -3.16. The quantitative estimate of drug-likeness (QED) is 0.747. The number of benzene rings is 1. The summed E-state index contributed by atoms with van der Waals surface area (Å²) in [6.07, 6.45) is 1.83. The van der Waals surface area contributed by atoms with Gasteiger partial charge in [0.1, 0.15) is 11.4 Å². The molecule has 1 amide bonds. The van der Waals surface area contributed by atoms with Crippen LogP contribution in [-0.4, -0.2) is 32.5 Å². The lowest BCUT2D eigenvalue weighted by atomic mass is 10.3. The average molecular weight is 327 g/mol. The van der Waals surface area contributed by atoms with E-state index in [-0.39, 0.29) is 30.5 Å². The van der Waals surface area contributed by atoms with Gasteiger partial charge < -0.3 is 9.15 Å². The van der Waals surface area contributed by atoms with Gasteiger partial charge in [-0.2, -0.15) is 5.10 Å². The molecule has 124 valence electrons. The molecule has 1 N–H and O–H groups in total. The van der Waals surface area contributed by atoms with Gasteiger partial charge in [0.2, 0.25) is 0 Å². The van der Waals surface area contributed by atoms with E-state index in [1.807, 2.05) is 38.2 Å². The van der Waals surface area contributed by atoms with Crippen LogP contribution in [0.1, 0.15) is 19.9 Å². The van der Waals surface area contributed by atoms with Gasteiger partial charge in [-0.15, -0.1) is 5.10 Å². The molecule has 0 saturated carbocycles. The van der Waals surface area contributed by atoms with Crippen LogP contribution < -0.4 is 10.1 Å². The van der Waals surface area contributed by atoms with Crippen LogP contribution in [0.25, 0.3) is 11.6 Å². The van der Waals surface area contributed by atoms with E-state index in [9.17, 15) is 4.79 Å². The van der Waals surface area contributed by atoms with Gasteiger partial charge >= 0.3 is 6.01 Å². The first kappa shape index (κ1) is 15.7. The molecular weight excluding hydrogens is 310 g/mol. The first-order valence-corrected chi connectivity index (χ1v) is 7.48. The first-order chi connectivity index (χ1) is 11.6. The monoisotopic (exact) mass is 327 g/mol. The number of carbonyl (C=O) groups is 1. The largest absolute Gasteiger partial charge is 0.484 e. The smallest absolute Gasteiger partial charge is 0.322 e. The second kappa shape index (κ2) is 6.95. The number of nitrogens with one attached hydrogen (secondary N) is 1. The molecule has 0 aliphatic rings. The number of hydrogen-bond acceptors (Lipinski definition) is 6. The Morgan fingerprint density at radius 3 is 2.75 bits per heavy atom. The van der Waals surface area contributed by atoms with Gasteiger partial charge in [0.05, 0.1) is 0 Å². The molecule has 0 aliphatic heterocycles. The number of amides is 1. The Balaban J connectivity index is 1.58. The van der Waals surface area contributed by atoms with Crippen molar-refractivity contribution in [3.05, 3.63) is 42.6 Å². The highest BCUT2D eigenvalue weighted by Gasteiger charge is 2.14. The fourth-order valence-corrected chi connectivity index (χ4v) is 1.94. The van der Waals surface area contributed by atoms with Gasteiger partial charge in [-0.05, 0) is 32.0 Å². The number of aromatic nitrogens is 4. The molecule has 8 heteroatoms. The molecule has 0 radical (unpaired) electrons. The topological polar surface area (TPSA) is 95.1 Å². The zero-order chi connectivity index (χ0) is 16.9. The van der Waals surface area contributed by atoms with E-state index in [2.05, 4.69) is 20.6 Å². The Kier molecular flexibility index (Phi) is 4.55. The Bertz CT molecular complexity index is 810. The third-order valence-corrected chi connectivity index (χ3v) is 3.14. The van der Waals surface area contributed by atoms with Crippen LogP contribution in [0.4, 0.5) is 6.01 Å². The third kappa shape index (κ3) is 3.78. The number of nitrogens with zero attached hydrogens (tertiary/aromatic N) is 4. The summed E-state index contributed by atoms with van der Waals surface area (Å²) in [5, 5.41) is 14.5. The van der Waals surface area contributed by atoms with E-state index in [1.165, 1.54) is 0 Å². The molecule has 0 saturated heterocycles. The molecular formula is C16H17N5O3. The van der Waals surface area contributed by atoms with Crippen molar-refractivity contribution in [1.82, 2.24) is 20.0 Å². The van der Waals surface area contributed by atoms with Crippen molar-refractivity contribution in [1.29, 1.82) is 0 Å². The maximum absolute atomic E-state index is 11.8. The van der Waals surface area contributed by atoms with E-state index >= 15 is 0 Å². The highest BCUT2D eigenvalue weighted by Crippen LogP contribution is 2.18. The van der Waals surface area contributed by atoms with Crippen LogP contribution in [0.2, 0.25) is 0 Å². The SMILES string of the molecule is CC(C)n1ccc(-c2nnc(NC(=O)COc3ccccc3)o2)n1. The minimum Gasteiger partial charge on any atom is -0.484 e. The number of para-hydroxylation sites is 1. The molecule has 8 nitrogen and oxygen atoms in total. The summed E-state index contributed by atoms with van der Waals surface area (Å²) in [6, 6.07) is 11.1. The minimum atomic E-state index is -0.387. The van der Waals surface area contributed by atoms with Crippen LogP contribution in [-0.2, 0) is 4.79 Å². The van der Waals surface area contributed by atoms with Gasteiger partial charge in [-0.1, -0.05) is 23.3 Å². The second-order valence-corrected chi connectivity index (χ2v) is 5.34. The summed E-state index contributed by atoms with van der Waals surface area (Å²) in [4.78, 5) is 11.8. The van der Waals surface area contributed by atoms with Crippen LogP contribution in [0.3, 0.4) is 0 Å². The van der Waals surface area contributed by atoms with Crippen molar-refractivity contribution in [3.63, 3.8) is 0 Å². The molecule has 0 bridgehead atoms. The van der Waals surface area contributed by atoms with Crippen molar-refractivity contribution in [2.45, 2.75) is 19.9 Å². The molecule has 0 fully saturated rings. The molecule has 3 aromatic rings. The number of rotatable bonds is 6. The zero-order valence-corrected chi connectivity index (χ0v) is 13.3. The van der Waals surface area contributed by atoms with E-state index < -0.39 is 0 Å². The first-order valence-electron chi connectivity index (χ1n) is 7.48. The summed E-state index contributed by atoms with van der Waals surface area (Å²) in [6.45, 7) is 3.88.